The van der Waals surface area contributed by atoms with Crippen LogP contribution in [0, 0.1) is 0 Å². The third-order valence-corrected chi connectivity index (χ3v) is 5.36. The normalized spacial score (nSPS) is 20.4. The number of para-hydroxylation sites is 2. The minimum absolute atomic E-state index is 0.0322. The molecule has 1 saturated heterocycles. The number of fused-ring (bicyclic) bond motifs is 1. The molecule has 0 aromatic heterocycles. The Hall–Kier alpha value is -2.12. The van der Waals surface area contributed by atoms with E-state index in [9.17, 15) is 9.59 Å². The topological polar surface area (TPSA) is 65.1 Å². The first-order valence-corrected chi connectivity index (χ1v) is 10.3. The van der Waals surface area contributed by atoms with E-state index in [2.05, 4.69) is 22.2 Å². The summed E-state index contributed by atoms with van der Waals surface area (Å²) >= 11 is 0. The number of rotatable bonds is 7. The number of amides is 2. The van der Waals surface area contributed by atoms with Crippen LogP contribution >= 0.6 is 0 Å². The van der Waals surface area contributed by atoms with Gasteiger partial charge in [-0.2, -0.15) is 0 Å². The van der Waals surface area contributed by atoms with Crippen molar-refractivity contribution in [1.29, 1.82) is 0 Å². The van der Waals surface area contributed by atoms with Gasteiger partial charge in [-0.25, -0.2) is 0 Å². The lowest BCUT2D eigenvalue weighted by Crippen LogP contribution is -2.45. The summed E-state index contributed by atoms with van der Waals surface area (Å²) < 4.78 is 5.78. The molecule has 1 atom stereocenters. The van der Waals surface area contributed by atoms with Crippen molar-refractivity contribution in [3.63, 3.8) is 0 Å². The fraction of sp³-hybridized carbons (Fsp3) is 0.619. The number of hydrogen-bond acceptors (Lipinski definition) is 5. The average molecular weight is 389 g/mol. The molecule has 1 aromatic rings. The van der Waals surface area contributed by atoms with E-state index < -0.39 is 0 Å². The smallest absolute Gasteiger partial charge is 0.227 e. The van der Waals surface area contributed by atoms with Gasteiger partial charge >= 0.3 is 0 Å². The zero-order chi connectivity index (χ0) is 19.9. The van der Waals surface area contributed by atoms with Gasteiger partial charge in [-0.1, -0.05) is 12.1 Å². The standard InChI is InChI=1S/C21H32N4O3/c1-17-16-25(18-6-3-4-7-19(18)28-17)21(27)9-8-20(26)22-10-5-11-24-14-12-23(2)13-15-24/h3-4,6-7,17H,5,8-16H2,1-2H3,(H,22,26)/t17-/m0/s1. The van der Waals surface area contributed by atoms with E-state index in [-0.39, 0.29) is 30.8 Å². The van der Waals surface area contributed by atoms with Gasteiger partial charge in [0, 0.05) is 45.6 Å². The van der Waals surface area contributed by atoms with E-state index in [1.54, 1.807) is 4.90 Å². The molecule has 1 N–H and O–H groups in total. The zero-order valence-corrected chi connectivity index (χ0v) is 17.0. The van der Waals surface area contributed by atoms with E-state index in [4.69, 9.17) is 4.74 Å². The summed E-state index contributed by atoms with van der Waals surface area (Å²) in [5, 5.41) is 2.95. The number of anilines is 1. The Labute approximate surface area is 167 Å². The molecule has 0 aliphatic carbocycles. The minimum Gasteiger partial charge on any atom is -0.487 e. The van der Waals surface area contributed by atoms with Crippen LogP contribution in [0.15, 0.2) is 24.3 Å². The van der Waals surface area contributed by atoms with Crippen LogP contribution < -0.4 is 15.0 Å². The summed E-state index contributed by atoms with van der Waals surface area (Å²) in [6.07, 6.45) is 1.33. The van der Waals surface area contributed by atoms with Gasteiger partial charge in [0.05, 0.1) is 12.2 Å². The molecule has 2 aliphatic heterocycles. The lowest BCUT2D eigenvalue weighted by Gasteiger charge is -2.33. The second kappa shape index (κ2) is 9.89. The quantitative estimate of drug-likeness (QED) is 0.714. The molecular weight excluding hydrogens is 356 g/mol. The maximum Gasteiger partial charge on any atom is 0.227 e. The molecule has 0 unspecified atom stereocenters. The van der Waals surface area contributed by atoms with Crippen LogP contribution in [-0.2, 0) is 9.59 Å². The molecule has 0 saturated carbocycles. The van der Waals surface area contributed by atoms with Crippen LogP contribution in [0.2, 0.25) is 0 Å². The summed E-state index contributed by atoms with van der Waals surface area (Å²) in [5.41, 5.74) is 0.790. The van der Waals surface area contributed by atoms with Gasteiger partial charge in [-0.3, -0.25) is 9.59 Å². The van der Waals surface area contributed by atoms with E-state index in [0.29, 0.717) is 13.1 Å². The van der Waals surface area contributed by atoms with E-state index >= 15 is 0 Å². The largest absolute Gasteiger partial charge is 0.487 e. The predicted octanol–water partition coefficient (Wildman–Crippen LogP) is 1.33. The average Bonchev–Trinajstić information content (AvgIpc) is 2.70. The van der Waals surface area contributed by atoms with Crippen molar-refractivity contribution in [3.05, 3.63) is 24.3 Å². The molecule has 2 heterocycles. The Bertz CT molecular complexity index is 673. The number of nitrogens with zero attached hydrogens (tertiary/aromatic N) is 3. The summed E-state index contributed by atoms with van der Waals surface area (Å²) in [4.78, 5) is 31.3. The first kappa shape index (κ1) is 20.6. The zero-order valence-electron chi connectivity index (χ0n) is 17.0. The van der Waals surface area contributed by atoms with Crippen molar-refractivity contribution in [2.24, 2.45) is 0 Å². The fourth-order valence-corrected chi connectivity index (χ4v) is 3.67. The molecule has 2 amide bonds. The van der Waals surface area contributed by atoms with Crippen LogP contribution in [0.4, 0.5) is 5.69 Å². The molecule has 1 fully saturated rings. The summed E-state index contributed by atoms with van der Waals surface area (Å²) in [6.45, 7) is 8.55. The highest BCUT2D eigenvalue weighted by atomic mass is 16.5. The number of carbonyl (C=O) groups excluding carboxylic acids is 2. The van der Waals surface area contributed by atoms with Crippen LogP contribution in [0.1, 0.15) is 26.2 Å². The number of carbonyl (C=O) groups is 2. The van der Waals surface area contributed by atoms with Gasteiger partial charge < -0.3 is 24.8 Å². The molecule has 2 aliphatic rings. The number of piperazine rings is 1. The van der Waals surface area contributed by atoms with Crippen LogP contribution in [-0.4, -0.2) is 80.6 Å². The molecule has 0 bridgehead atoms. The van der Waals surface area contributed by atoms with E-state index in [1.807, 2.05) is 31.2 Å². The SMILES string of the molecule is C[C@H]1CN(C(=O)CCC(=O)NCCCN2CCN(C)CC2)c2ccccc2O1. The van der Waals surface area contributed by atoms with Gasteiger partial charge in [0.2, 0.25) is 11.8 Å². The van der Waals surface area contributed by atoms with Crippen molar-refractivity contribution in [2.45, 2.75) is 32.3 Å². The molecule has 28 heavy (non-hydrogen) atoms. The van der Waals surface area contributed by atoms with E-state index in [1.165, 1.54) is 0 Å². The number of hydrogen-bond donors (Lipinski definition) is 1. The third kappa shape index (κ3) is 5.69. The molecule has 0 radical (unpaired) electrons. The van der Waals surface area contributed by atoms with Crippen molar-refractivity contribution in [1.82, 2.24) is 15.1 Å². The lowest BCUT2D eigenvalue weighted by atomic mass is 10.1. The Kier molecular flexibility index (Phi) is 7.28. The molecule has 7 nitrogen and oxygen atoms in total. The van der Waals surface area contributed by atoms with Gasteiger partial charge in [0.15, 0.2) is 0 Å². The second-order valence-electron chi connectivity index (χ2n) is 7.75. The maximum atomic E-state index is 12.7. The molecular formula is C21H32N4O3. The van der Waals surface area contributed by atoms with Crippen molar-refractivity contribution in [3.8, 4) is 5.75 Å². The predicted molar refractivity (Wildman–Crippen MR) is 110 cm³/mol. The summed E-state index contributed by atoms with van der Waals surface area (Å²) in [7, 11) is 2.15. The van der Waals surface area contributed by atoms with Crippen molar-refractivity contribution < 1.29 is 14.3 Å². The fourth-order valence-electron chi connectivity index (χ4n) is 3.67. The Morgan fingerprint density at radius 3 is 2.68 bits per heavy atom. The van der Waals surface area contributed by atoms with Crippen LogP contribution in [0.3, 0.4) is 0 Å². The van der Waals surface area contributed by atoms with Gasteiger partial charge in [-0.15, -0.1) is 0 Å². The highest BCUT2D eigenvalue weighted by Gasteiger charge is 2.27. The van der Waals surface area contributed by atoms with E-state index in [0.717, 1.165) is 50.6 Å². The van der Waals surface area contributed by atoms with Crippen LogP contribution in [0.5, 0.6) is 5.75 Å². The minimum atomic E-state index is -0.0543. The molecule has 1 aromatic carbocycles. The Morgan fingerprint density at radius 1 is 1.14 bits per heavy atom. The third-order valence-electron chi connectivity index (χ3n) is 5.36. The first-order valence-electron chi connectivity index (χ1n) is 10.3. The first-order chi connectivity index (χ1) is 13.5. The Balaban J connectivity index is 1.36. The Morgan fingerprint density at radius 2 is 1.89 bits per heavy atom. The van der Waals surface area contributed by atoms with Gasteiger partial charge in [0.1, 0.15) is 11.9 Å². The number of ether oxygens (including phenoxy) is 1. The van der Waals surface area contributed by atoms with Gasteiger partial charge in [-0.05, 0) is 39.1 Å². The number of benzene rings is 1. The number of nitrogens with one attached hydrogen (secondary N) is 1. The van der Waals surface area contributed by atoms with Crippen molar-refractivity contribution in [2.75, 3.05) is 57.8 Å². The molecule has 154 valence electrons. The lowest BCUT2D eigenvalue weighted by molar-refractivity contribution is -0.125. The number of likely N-dealkylation sites (N-methyl/N-ethyl adjacent to an activating group) is 1. The van der Waals surface area contributed by atoms with Crippen LogP contribution in [0.25, 0.3) is 0 Å². The molecule has 3 rings (SSSR count). The molecule has 0 spiro atoms. The van der Waals surface area contributed by atoms with Gasteiger partial charge in [0.25, 0.3) is 0 Å². The molecule has 7 heteroatoms. The monoisotopic (exact) mass is 388 g/mol. The van der Waals surface area contributed by atoms with Crippen molar-refractivity contribution >= 4 is 17.5 Å². The highest BCUT2D eigenvalue weighted by molar-refractivity contribution is 5.97. The second-order valence-corrected chi connectivity index (χ2v) is 7.75. The summed E-state index contributed by atoms with van der Waals surface area (Å²) in [6, 6.07) is 7.55. The summed E-state index contributed by atoms with van der Waals surface area (Å²) in [5.74, 6) is 0.638. The maximum absolute atomic E-state index is 12.7. The highest BCUT2D eigenvalue weighted by Crippen LogP contribution is 2.33.